The zero-order chi connectivity index (χ0) is 13.0. The average Bonchev–Trinajstić information content (AvgIpc) is 2.37. The molecule has 0 atom stereocenters. The number of anilines is 2. The second kappa shape index (κ2) is 5.78. The fourth-order valence-corrected chi connectivity index (χ4v) is 2.08. The molecule has 0 saturated heterocycles. The van der Waals surface area contributed by atoms with Crippen LogP contribution in [0, 0.1) is 0 Å². The fraction of sp³-hybridized carbons (Fsp3) is 0.143. The maximum absolute atomic E-state index is 5.75. The molecular weight excluding hydrogens is 292 g/mol. The SMILES string of the molecule is COc1ccc(Br)cc1NCc1cccc(N)c1. The first-order chi connectivity index (χ1) is 8.69. The van der Waals surface area contributed by atoms with Gasteiger partial charge in [0.05, 0.1) is 12.8 Å². The summed E-state index contributed by atoms with van der Waals surface area (Å²) < 4.78 is 6.32. The first-order valence-corrected chi connectivity index (χ1v) is 6.40. The molecule has 94 valence electrons. The lowest BCUT2D eigenvalue weighted by Crippen LogP contribution is -2.02. The Hall–Kier alpha value is -1.68. The number of hydrogen-bond donors (Lipinski definition) is 2. The minimum Gasteiger partial charge on any atom is -0.495 e. The van der Waals surface area contributed by atoms with E-state index in [-0.39, 0.29) is 0 Å². The Labute approximate surface area is 115 Å². The van der Waals surface area contributed by atoms with Gasteiger partial charge in [-0.25, -0.2) is 0 Å². The predicted molar refractivity (Wildman–Crippen MR) is 78.9 cm³/mol. The summed E-state index contributed by atoms with van der Waals surface area (Å²) in [5.41, 5.74) is 8.61. The molecule has 0 fully saturated rings. The molecule has 0 heterocycles. The maximum Gasteiger partial charge on any atom is 0.142 e. The van der Waals surface area contributed by atoms with Crippen LogP contribution in [0.1, 0.15) is 5.56 Å². The normalized spacial score (nSPS) is 10.1. The van der Waals surface area contributed by atoms with Gasteiger partial charge in [-0.15, -0.1) is 0 Å². The van der Waals surface area contributed by atoms with Crippen LogP contribution in [0.4, 0.5) is 11.4 Å². The van der Waals surface area contributed by atoms with Crippen LogP contribution >= 0.6 is 15.9 Å². The Balaban J connectivity index is 2.12. The lowest BCUT2D eigenvalue weighted by atomic mass is 10.2. The molecule has 0 unspecified atom stereocenters. The maximum atomic E-state index is 5.75. The Bertz CT molecular complexity index is 543. The Kier molecular flexibility index (Phi) is 4.10. The van der Waals surface area contributed by atoms with Crippen molar-refractivity contribution in [2.24, 2.45) is 0 Å². The van der Waals surface area contributed by atoms with Crippen LogP contribution in [0.25, 0.3) is 0 Å². The molecule has 0 aliphatic heterocycles. The van der Waals surface area contributed by atoms with Gasteiger partial charge in [0.25, 0.3) is 0 Å². The molecule has 0 amide bonds. The van der Waals surface area contributed by atoms with E-state index in [1.807, 2.05) is 42.5 Å². The van der Waals surface area contributed by atoms with Crippen LogP contribution in [0.2, 0.25) is 0 Å². The number of methoxy groups -OCH3 is 1. The Morgan fingerprint density at radius 2 is 2.06 bits per heavy atom. The number of benzene rings is 2. The van der Waals surface area contributed by atoms with E-state index >= 15 is 0 Å². The van der Waals surface area contributed by atoms with Gasteiger partial charge in [-0.05, 0) is 35.9 Å². The highest BCUT2D eigenvalue weighted by Gasteiger charge is 2.03. The molecule has 0 aliphatic carbocycles. The van der Waals surface area contributed by atoms with Crippen molar-refractivity contribution in [3.63, 3.8) is 0 Å². The van der Waals surface area contributed by atoms with Crippen molar-refractivity contribution in [2.45, 2.75) is 6.54 Å². The van der Waals surface area contributed by atoms with Crippen LogP contribution in [0.5, 0.6) is 5.75 Å². The van der Waals surface area contributed by atoms with Crippen LogP contribution in [-0.2, 0) is 6.54 Å². The summed E-state index contributed by atoms with van der Waals surface area (Å²) in [5, 5.41) is 3.34. The standard InChI is InChI=1S/C14H15BrN2O/c1-18-14-6-5-11(15)8-13(14)17-9-10-3-2-4-12(16)7-10/h2-8,17H,9,16H2,1H3. The van der Waals surface area contributed by atoms with E-state index in [0.29, 0.717) is 6.54 Å². The summed E-state index contributed by atoms with van der Waals surface area (Å²) in [6.45, 7) is 0.706. The Morgan fingerprint density at radius 3 is 2.78 bits per heavy atom. The average molecular weight is 307 g/mol. The zero-order valence-corrected chi connectivity index (χ0v) is 11.7. The molecule has 18 heavy (non-hydrogen) atoms. The fourth-order valence-electron chi connectivity index (χ4n) is 1.72. The van der Waals surface area contributed by atoms with Gasteiger partial charge >= 0.3 is 0 Å². The van der Waals surface area contributed by atoms with Gasteiger partial charge < -0.3 is 15.8 Å². The van der Waals surface area contributed by atoms with Crippen LogP contribution < -0.4 is 15.8 Å². The lowest BCUT2D eigenvalue weighted by molar-refractivity contribution is 0.416. The molecule has 0 aliphatic rings. The predicted octanol–water partition coefficient (Wildman–Crippen LogP) is 3.65. The van der Waals surface area contributed by atoms with Gasteiger partial charge in [0.1, 0.15) is 5.75 Å². The van der Waals surface area contributed by atoms with Gasteiger partial charge in [-0.3, -0.25) is 0 Å². The van der Waals surface area contributed by atoms with Gasteiger partial charge in [-0.2, -0.15) is 0 Å². The quantitative estimate of drug-likeness (QED) is 0.848. The summed E-state index contributed by atoms with van der Waals surface area (Å²) in [6, 6.07) is 13.7. The van der Waals surface area contributed by atoms with Crippen LogP contribution in [0.15, 0.2) is 46.9 Å². The highest BCUT2D eigenvalue weighted by Crippen LogP contribution is 2.28. The molecule has 0 spiro atoms. The van der Waals surface area contributed by atoms with Crippen LogP contribution in [0.3, 0.4) is 0 Å². The van der Waals surface area contributed by atoms with Crippen molar-refractivity contribution in [3.8, 4) is 5.75 Å². The highest BCUT2D eigenvalue weighted by molar-refractivity contribution is 9.10. The molecule has 0 radical (unpaired) electrons. The number of hydrogen-bond acceptors (Lipinski definition) is 3. The highest BCUT2D eigenvalue weighted by atomic mass is 79.9. The number of halogens is 1. The van der Waals surface area contributed by atoms with E-state index in [2.05, 4.69) is 21.2 Å². The van der Waals surface area contributed by atoms with Gasteiger partial charge in [0.2, 0.25) is 0 Å². The van der Waals surface area contributed by atoms with Crippen molar-refractivity contribution in [3.05, 3.63) is 52.5 Å². The van der Waals surface area contributed by atoms with Crippen molar-refractivity contribution in [1.29, 1.82) is 0 Å². The van der Waals surface area contributed by atoms with E-state index in [9.17, 15) is 0 Å². The van der Waals surface area contributed by atoms with Gasteiger partial charge in [-0.1, -0.05) is 28.1 Å². The summed E-state index contributed by atoms with van der Waals surface area (Å²) in [4.78, 5) is 0. The molecular formula is C14H15BrN2O. The van der Waals surface area contributed by atoms with Crippen molar-refractivity contribution >= 4 is 27.3 Å². The topological polar surface area (TPSA) is 47.3 Å². The second-order valence-electron chi connectivity index (χ2n) is 3.94. The van der Waals surface area contributed by atoms with Crippen molar-refractivity contribution in [1.82, 2.24) is 0 Å². The van der Waals surface area contributed by atoms with E-state index < -0.39 is 0 Å². The summed E-state index contributed by atoms with van der Waals surface area (Å²) in [7, 11) is 1.66. The molecule has 3 nitrogen and oxygen atoms in total. The minimum atomic E-state index is 0.706. The van der Waals surface area contributed by atoms with E-state index in [4.69, 9.17) is 10.5 Å². The van der Waals surface area contributed by atoms with E-state index in [0.717, 1.165) is 27.2 Å². The molecule has 3 N–H and O–H groups in total. The summed E-state index contributed by atoms with van der Waals surface area (Å²) in [5.74, 6) is 0.821. The third kappa shape index (κ3) is 3.17. The summed E-state index contributed by atoms with van der Waals surface area (Å²) in [6.07, 6.45) is 0. The third-order valence-electron chi connectivity index (χ3n) is 2.60. The monoisotopic (exact) mass is 306 g/mol. The minimum absolute atomic E-state index is 0.706. The van der Waals surface area contributed by atoms with Crippen molar-refractivity contribution in [2.75, 3.05) is 18.2 Å². The van der Waals surface area contributed by atoms with Crippen LogP contribution in [-0.4, -0.2) is 7.11 Å². The first-order valence-electron chi connectivity index (χ1n) is 5.61. The van der Waals surface area contributed by atoms with E-state index in [1.54, 1.807) is 7.11 Å². The largest absolute Gasteiger partial charge is 0.495 e. The molecule has 4 heteroatoms. The number of nitrogens with two attached hydrogens (primary N) is 1. The molecule has 0 bridgehead atoms. The first kappa shape index (κ1) is 12.8. The summed E-state index contributed by atoms with van der Waals surface area (Å²) >= 11 is 3.45. The lowest BCUT2D eigenvalue weighted by Gasteiger charge is -2.12. The van der Waals surface area contributed by atoms with Gasteiger partial charge in [0.15, 0.2) is 0 Å². The molecule has 0 saturated carbocycles. The number of nitrogens with one attached hydrogen (secondary N) is 1. The molecule has 0 aromatic heterocycles. The third-order valence-corrected chi connectivity index (χ3v) is 3.09. The van der Waals surface area contributed by atoms with Gasteiger partial charge in [0, 0.05) is 16.7 Å². The zero-order valence-electron chi connectivity index (χ0n) is 10.1. The smallest absolute Gasteiger partial charge is 0.142 e. The van der Waals surface area contributed by atoms with E-state index in [1.165, 1.54) is 0 Å². The second-order valence-corrected chi connectivity index (χ2v) is 4.86. The molecule has 2 aromatic carbocycles. The number of nitrogen functional groups attached to an aromatic ring is 1. The number of ether oxygens (including phenoxy) is 1. The molecule has 2 aromatic rings. The number of rotatable bonds is 4. The molecule has 2 rings (SSSR count). The Morgan fingerprint density at radius 1 is 1.22 bits per heavy atom. The van der Waals surface area contributed by atoms with Crippen molar-refractivity contribution < 1.29 is 4.74 Å².